The Balaban J connectivity index is 2.64. The topological polar surface area (TPSA) is 78.0 Å². The molecule has 0 saturated carbocycles. The van der Waals surface area contributed by atoms with Crippen LogP contribution in [0.25, 0.3) is 11.3 Å². The van der Waals surface area contributed by atoms with Crippen LogP contribution < -0.4 is 5.73 Å². The molecule has 0 amide bonds. The Kier molecular flexibility index (Phi) is 2.89. The van der Waals surface area contributed by atoms with Gasteiger partial charge in [0.15, 0.2) is 0 Å². The molecular weight excluding hydrogens is 238 g/mol. The summed E-state index contributed by atoms with van der Waals surface area (Å²) in [6, 6.07) is 10.7. The summed E-state index contributed by atoms with van der Waals surface area (Å²) in [6.45, 7) is 1.57. The SMILES string of the molecule is CCS(=O)(=O)n1nc(N)cc1-c1ccccc1. The van der Waals surface area contributed by atoms with Gasteiger partial charge in [-0.25, -0.2) is 8.42 Å². The number of nitrogens with zero attached hydrogens (tertiary/aromatic N) is 2. The third-order valence-electron chi connectivity index (χ3n) is 2.39. The fraction of sp³-hybridized carbons (Fsp3) is 0.182. The molecule has 0 spiro atoms. The van der Waals surface area contributed by atoms with Crippen molar-refractivity contribution in [3.63, 3.8) is 0 Å². The molecule has 6 heteroatoms. The minimum Gasteiger partial charge on any atom is -0.382 e. The first-order chi connectivity index (χ1) is 8.04. The van der Waals surface area contributed by atoms with Gasteiger partial charge in [-0.05, 0) is 6.92 Å². The Bertz CT molecular complexity index is 617. The van der Waals surface area contributed by atoms with Crippen molar-refractivity contribution in [2.75, 3.05) is 11.5 Å². The second-order valence-corrected chi connectivity index (χ2v) is 5.65. The number of benzene rings is 1. The number of aromatic nitrogens is 2. The second-order valence-electron chi connectivity index (χ2n) is 3.56. The quantitative estimate of drug-likeness (QED) is 0.892. The van der Waals surface area contributed by atoms with E-state index in [-0.39, 0.29) is 11.6 Å². The number of rotatable bonds is 3. The van der Waals surface area contributed by atoms with Gasteiger partial charge in [0.1, 0.15) is 5.82 Å². The molecule has 2 N–H and O–H groups in total. The maximum absolute atomic E-state index is 11.9. The fourth-order valence-corrected chi connectivity index (χ4v) is 2.44. The molecule has 17 heavy (non-hydrogen) atoms. The molecule has 0 fully saturated rings. The highest BCUT2D eigenvalue weighted by atomic mass is 32.2. The van der Waals surface area contributed by atoms with E-state index in [0.29, 0.717) is 5.69 Å². The summed E-state index contributed by atoms with van der Waals surface area (Å²) in [5, 5.41) is 3.84. The third-order valence-corrected chi connectivity index (χ3v) is 3.93. The molecule has 0 aliphatic rings. The molecule has 0 saturated heterocycles. The maximum atomic E-state index is 11.9. The second kappa shape index (κ2) is 4.21. The molecule has 2 rings (SSSR count). The molecule has 1 aromatic carbocycles. The van der Waals surface area contributed by atoms with Crippen LogP contribution in [0.3, 0.4) is 0 Å². The predicted molar refractivity (Wildman–Crippen MR) is 66.9 cm³/mol. The standard InChI is InChI=1S/C11H13N3O2S/c1-2-17(15,16)14-10(8-11(12)13-14)9-6-4-3-5-7-9/h3-8H,2H2,1H3,(H2,12,13). The molecule has 0 radical (unpaired) electrons. The molecule has 0 bridgehead atoms. The molecule has 0 atom stereocenters. The minimum atomic E-state index is -3.43. The summed E-state index contributed by atoms with van der Waals surface area (Å²) in [5.41, 5.74) is 6.83. The first-order valence-corrected chi connectivity index (χ1v) is 6.79. The van der Waals surface area contributed by atoms with Gasteiger partial charge in [0.2, 0.25) is 0 Å². The summed E-state index contributed by atoms with van der Waals surface area (Å²) < 4.78 is 24.7. The number of hydrogen-bond donors (Lipinski definition) is 1. The Hall–Kier alpha value is -1.82. The van der Waals surface area contributed by atoms with Crippen LogP contribution in [-0.2, 0) is 10.0 Å². The van der Waals surface area contributed by atoms with Crippen molar-refractivity contribution in [1.82, 2.24) is 9.19 Å². The van der Waals surface area contributed by atoms with Crippen molar-refractivity contribution < 1.29 is 8.42 Å². The Labute approximate surface area is 99.9 Å². The van der Waals surface area contributed by atoms with Crippen LogP contribution in [0.5, 0.6) is 0 Å². The molecular formula is C11H13N3O2S. The van der Waals surface area contributed by atoms with Crippen LogP contribution in [-0.4, -0.2) is 23.4 Å². The van der Waals surface area contributed by atoms with Crippen LogP contribution in [0.1, 0.15) is 6.92 Å². The first kappa shape index (κ1) is 11.7. The van der Waals surface area contributed by atoms with Crippen LogP contribution in [0.2, 0.25) is 0 Å². The highest BCUT2D eigenvalue weighted by Gasteiger charge is 2.18. The molecule has 0 aliphatic carbocycles. The van der Waals surface area contributed by atoms with Crippen LogP contribution in [0, 0.1) is 0 Å². The molecule has 2 aromatic rings. The van der Waals surface area contributed by atoms with Crippen molar-refractivity contribution in [3.05, 3.63) is 36.4 Å². The summed E-state index contributed by atoms with van der Waals surface area (Å²) in [4.78, 5) is 0. The lowest BCUT2D eigenvalue weighted by atomic mass is 10.2. The van der Waals surface area contributed by atoms with E-state index in [2.05, 4.69) is 5.10 Å². The van der Waals surface area contributed by atoms with Gasteiger partial charge in [-0.15, -0.1) is 5.10 Å². The van der Waals surface area contributed by atoms with Crippen LogP contribution in [0.15, 0.2) is 36.4 Å². The maximum Gasteiger partial charge on any atom is 0.254 e. The molecule has 5 nitrogen and oxygen atoms in total. The zero-order chi connectivity index (χ0) is 12.5. The highest BCUT2D eigenvalue weighted by Crippen LogP contribution is 2.22. The van der Waals surface area contributed by atoms with E-state index in [0.717, 1.165) is 9.65 Å². The van der Waals surface area contributed by atoms with E-state index in [1.54, 1.807) is 13.0 Å². The normalized spacial score (nSPS) is 11.6. The van der Waals surface area contributed by atoms with Crippen molar-refractivity contribution >= 4 is 15.8 Å². The van der Waals surface area contributed by atoms with E-state index in [4.69, 9.17) is 5.73 Å². The lowest BCUT2D eigenvalue weighted by Crippen LogP contribution is -2.17. The van der Waals surface area contributed by atoms with E-state index >= 15 is 0 Å². The average Bonchev–Trinajstić information content (AvgIpc) is 2.73. The van der Waals surface area contributed by atoms with Gasteiger partial charge in [-0.1, -0.05) is 30.3 Å². The smallest absolute Gasteiger partial charge is 0.254 e. The van der Waals surface area contributed by atoms with Crippen LogP contribution >= 0.6 is 0 Å². The lowest BCUT2D eigenvalue weighted by molar-refractivity contribution is 0.582. The van der Waals surface area contributed by atoms with Gasteiger partial charge in [0, 0.05) is 11.6 Å². The average molecular weight is 251 g/mol. The van der Waals surface area contributed by atoms with Gasteiger partial charge in [0.05, 0.1) is 11.4 Å². The van der Waals surface area contributed by atoms with Crippen molar-refractivity contribution in [3.8, 4) is 11.3 Å². The molecule has 0 aliphatic heterocycles. The molecule has 1 heterocycles. The first-order valence-electron chi connectivity index (χ1n) is 5.19. The van der Waals surface area contributed by atoms with Crippen molar-refractivity contribution in [2.45, 2.75) is 6.92 Å². The van der Waals surface area contributed by atoms with Gasteiger partial charge in [-0.2, -0.15) is 4.09 Å². The number of hydrogen-bond acceptors (Lipinski definition) is 4. The highest BCUT2D eigenvalue weighted by molar-refractivity contribution is 7.89. The third kappa shape index (κ3) is 2.16. The number of nitrogens with two attached hydrogens (primary N) is 1. The van der Waals surface area contributed by atoms with E-state index < -0.39 is 10.0 Å². The summed E-state index contributed by atoms with van der Waals surface area (Å²) in [5.74, 6) is 0.175. The Morgan fingerprint density at radius 1 is 1.29 bits per heavy atom. The zero-order valence-corrected chi connectivity index (χ0v) is 10.2. The number of anilines is 1. The summed E-state index contributed by atoms with van der Waals surface area (Å²) in [6.07, 6.45) is 0. The Morgan fingerprint density at radius 3 is 2.53 bits per heavy atom. The van der Waals surface area contributed by atoms with E-state index in [1.807, 2.05) is 30.3 Å². The largest absolute Gasteiger partial charge is 0.382 e. The molecule has 1 aromatic heterocycles. The zero-order valence-electron chi connectivity index (χ0n) is 9.37. The minimum absolute atomic E-state index is 0.0199. The fourth-order valence-electron chi connectivity index (χ4n) is 1.52. The van der Waals surface area contributed by atoms with Crippen LogP contribution in [0.4, 0.5) is 5.82 Å². The van der Waals surface area contributed by atoms with E-state index in [1.165, 1.54) is 0 Å². The van der Waals surface area contributed by atoms with Gasteiger partial charge in [-0.3, -0.25) is 0 Å². The Morgan fingerprint density at radius 2 is 1.94 bits per heavy atom. The van der Waals surface area contributed by atoms with Gasteiger partial charge >= 0.3 is 0 Å². The van der Waals surface area contributed by atoms with Gasteiger partial charge in [0.25, 0.3) is 10.0 Å². The monoisotopic (exact) mass is 251 g/mol. The number of nitrogen functional groups attached to an aromatic ring is 1. The van der Waals surface area contributed by atoms with Crippen molar-refractivity contribution in [2.24, 2.45) is 0 Å². The van der Waals surface area contributed by atoms with Gasteiger partial charge < -0.3 is 5.73 Å². The van der Waals surface area contributed by atoms with E-state index in [9.17, 15) is 8.42 Å². The summed E-state index contributed by atoms with van der Waals surface area (Å²) in [7, 11) is -3.43. The lowest BCUT2D eigenvalue weighted by Gasteiger charge is -2.06. The molecule has 0 unspecified atom stereocenters. The molecule has 90 valence electrons. The summed E-state index contributed by atoms with van der Waals surface area (Å²) >= 11 is 0. The van der Waals surface area contributed by atoms with Crippen molar-refractivity contribution in [1.29, 1.82) is 0 Å². The predicted octanol–water partition coefficient (Wildman–Crippen LogP) is 1.33.